The first-order valence-electron chi connectivity index (χ1n) is 9.36. The van der Waals surface area contributed by atoms with Crippen molar-refractivity contribution in [2.75, 3.05) is 45.9 Å². The zero-order valence-corrected chi connectivity index (χ0v) is 15.4. The summed E-state index contributed by atoms with van der Waals surface area (Å²) in [7, 11) is 0. The van der Waals surface area contributed by atoms with Gasteiger partial charge in [-0.25, -0.2) is 0 Å². The van der Waals surface area contributed by atoms with Gasteiger partial charge in [0.05, 0.1) is 6.61 Å². The number of hydrogen-bond acceptors (Lipinski definition) is 4. The third-order valence-corrected chi connectivity index (χ3v) is 5.86. The van der Waals surface area contributed by atoms with E-state index in [1.54, 1.807) is 0 Å². The molecule has 2 rings (SSSR count). The minimum absolute atomic E-state index is 0.183. The van der Waals surface area contributed by atoms with Crippen LogP contribution in [0.15, 0.2) is 11.6 Å². The number of β-amino-alcohol motifs (C(OH)–C–C–N with tert-alkyl or cyclic N) is 1. The molecule has 1 aliphatic heterocycles. The van der Waals surface area contributed by atoms with E-state index in [-0.39, 0.29) is 25.0 Å². The number of carbonyl (C=O) groups excluding carboxylic acids is 1. The summed E-state index contributed by atoms with van der Waals surface area (Å²) in [6, 6.07) is 0. The third-order valence-electron chi connectivity index (χ3n) is 5.86. The highest BCUT2D eigenvalue weighted by molar-refractivity contribution is 5.77. The molecule has 1 saturated heterocycles. The van der Waals surface area contributed by atoms with Crippen LogP contribution in [0.25, 0.3) is 0 Å². The molecule has 2 aliphatic rings. The Labute approximate surface area is 146 Å². The molecular formula is C19H34N2O3. The van der Waals surface area contributed by atoms with Crippen LogP contribution in [0.4, 0.5) is 0 Å². The van der Waals surface area contributed by atoms with Gasteiger partial charge in [-0.15, -0.1) is 0 Å². The number of carbonyl (C=O) groups is 1. The topological polar surface area (TPSA) is 64.0 Å². The van der Waals surface area contributed by atoms with Crippen LogP contribution in [0.5, 0.6) is 0 Å². The lowest BCUT2D eigenvalue weighted by Crippen LogP contribution is -2.49. The summed E-state index contributed by atoms with van der Waals surface area (Å²) in [5, 5.41) is 18.6. The maximum atomic E-state index is 12.7. The molecule has 0 spiro atoms. The molecule has 0 saturated carbocycles. The summed E-state index contributed by atoms with van der Waals surface area (Å²) < 4.78 is 0. The van der Waals surface area contributed by atoms with E-state index < -0.39 is 0 Å². The van der Waals surface area contributed by atoms with Gasteiger partial charge in [0.2, 0.25) is 5.91 Å². The number of aliphatic hydroxyl groups is 2. The first-order chi connectivity index (χ1) is 11.5. The molecule has 0 aromatic heterocycles. The smallest absolute Gasteiger partial charge is 0.223 e. The highest BCUT2D eigenvalue weighted by Crippen LogP contribution is 2.38. The second-order valence-corrected chi connectivity index (χ2v) is 7.75. The van der Waals surface area contributed by atoms with Gasteiger partial charge in [0.25, 0.3) is 0 Å². The Morgan fingerprint density at radius 3 is 2.46 bits per heavy atom. The molecule has 1 amide bonds. The minimum Gasteiger partial charge on any atom is -0.396 e. The standard InChI is InChI=1S/C19H34N2O3/c1-14(2)18-11-16(15(3)10-17(18)13-23)12-19(24)21-6-4-20(5-7-21)8-9-22/h10,14,16-18,22-23H,4-9,11-13H2,1-3H3/t16-,17-,18-/m0/s1. The molecule has 1 fully saturated rings. The molecule has 1 aliphatic carbocycles. The summed E-state index contributed by atoms with van der Waals surface area (Å²) in [6.45, 7) is 10.8. The molecule has 0 aromatic rings. The zero-order valence-electron chi connectivity index (χ0n) is 15.4. The van der Waals surface area contributed by atoms with E-state index in [0.29, 0.717) is 30.7 Å². The van der Waals surface area contributed by atoms with E-state index in [9.17, 15) is 9.90 Å². The number of allylic oxidation sites excluding steroid dienone is 1. The van der Waals surface area contributed by atoms with Crippen LogP contribution in [-0.2, 0) is 4.79 Å². The molecule has 138 valence electrons. The van der Waals surface area contributed by atoms with Gasteiger partial charge in [0.1, 0.15) is 0 Å². The maximum Gasteiger partial charge on any atom is 0.223 e. The van der Waals surface area contributed by atoms with E-state index in [1.807, 2.05) is 4.90 Å². The molecule has 0 bridgehead atoms. The molecule has 3 atom stereocenters. The van der Waals surface area contributed by atoms with Crippen LogP contribution in [0.2, 0.25) is 0 Å². The molecule has 0 unspecified atom stereocenters. The highest BCUT2D eigenvalue weighted by atomic mass is 16.3. The monoisotopic (exact) mass is 338 g/mol. The van der Waals surface area contributed by atoms with Crippen molar-refractivity contribution in [3.63, 3.8) is 0 Å². The maximum absolute atomic E-state index is 12.7. The highest BCUT2D eigenvalue weighted by Gasteiger charge is 2.33. The fourth-order valence-corrected chi connectivity index (χ4v) is 4.19. The van der Waals surface area contributed by atoms with Crippen LogP contribution in [-0.4, -0.2) is 71.9 Å². The van der Waals surface area contributed by atoms with Crippen molar-refractivity contribution < 1.29 is 15.0 Å². The molecule has 0 aromatic carbocycles. The quantitative estimate of drug-likeness (QED) is 0.718. The average Bonchev–Trinajstić information content (AvgIpc) is 2.57. The predicted molar refractivity (Wildman–Crippen MR) is 95.5 cm³/mol. The Kier molecular flexibility index (Phi) is 7.26. The van der Waals surface area contributed by atoms with E-state index in [4.69, 9.17) is 5.11 Å². The summed E-state index contributed by atoms with van der Waals surface area (Å²) >= 11 is 0. The van der Waals surface area contributed by atoms with Gasteiger partial charge in [-0.3, -0.25) is 9.69 Å². The summed E-state index contributed by atoms with van der Waals surface area (Å²) in [5.74, 6) is 1.77. The van der Waals surface area contributed by atoms with Crippen LogP contribution in [0.1, 0.15) is 33.6 Å². The lowest BCUT2D eigenvalue weighted by molar-refractivity contribution is -0.134. The van der Waals surface area contributed by atoms with Crippen molar-refractivity contribution in [3.05, 3.63) is 11.6 Å². The number of amides is 1. The third kappa shape index (κ3) is 4.80. The van der Waals surface area contributed by atoms with Crippen molar-refractivity contribution in [3.8, 4) is 0 Å². The summed E-state index contributed by atoms with van der Waals surface area (Å²) in [6.07, 6.45) is 3.79. The minimum atomic E-state index is 0.183. The summed E-state index contributed by atoms with van der Waals surface area (Å²) in [4.78, 5) is 16.9. The first kappa shape index (κ1) is 19.4. The molecule has 5 nitrogen and oxygen atoms in total. The Hall–Kier alpha value is -0.910. The lowest BCUT2D eigenvalue weighted by Gasteiger charge is -2.38. The number of nitrogens with zero attached hydrogens (tertiary/aromatic N) is 2. The van der Waals surface area contributed by atoms with Crippen molar-refractivity contribution >= 4 is 5.91 Å². The van der Waals surface area contributed by atoms with E-state index >= 15 is 0 Å². The fraction of sp³-hybridized carbons (Fsp3) is 0.842. The molecule has 1 heterocycles. The van der Waals surface area contributed by atoms with Crippen LogP contribution >= 0.6 is 0 Å². The normalized spacial score (nSPS) is 29.0. The molecule has 0 radical (unpaired) electrons. The Balaban J connectivity index is 1.91. The second-order valence-electron chi connectivity index (χ2n) is 7.75. The van der Waals surface area contributed by atoms with Gasteiger partial charge in [0, 0.05) is 51.7 Å². The van der Waals surface area contributed by atoms with Crippen molar-refractivity contribution in [2.45, 2.75) is 33.6 Å². The van der Waals surface area contributed by atoms with Gasteiger partial charge in [-0.05, 0) is 31.1 Å². The van der Waals surface area contributed by atoms with E-state index in [1.165, 1.54) is 5.57 Å². The number of rotatable bonds is 6. The van der Waals surface area contributed by atoms with Gasteiger partial charge >= 0.3 is 0 Å². The predicted octanol–water partition coefficient (Wildman–Crippen LogP) is 1.36. The van der Waals surface area contributed by atoms with Gasteiger partial charge < -0.3 is 15.1 Å². The first-order valence-corrected chi connectivity index (χ1v) is 9.36. The molecular weight excluding hydrogens is 304 g/mol. The Bertz CT molecular complexity index is 442. The van der Waals surface area contributed by atoms with Crippen LogP contribution < -0.4 is 0 Å². The van der Waals surface area contributed by atoms with Crippen molar-refractivity contribution in [2.24, 2.45) is 23.7 Å². The average molecular weight is 338 g/mol. The van der Waals surface area contributed by atoms with E-state index in [0.717, 1.165) is 32.6 Å². The summed E-state index contributed by atoms with van der Waals surface area (Å²) in [5.41, 5.74) is 1.26. The number of piperazine rings is 1. The zero-order chi connectivity index (χ0) is 17.7. The van der Waals surface area contributed by atoms with Gasteiger partial charge in [0.15, 0.2) is 0 Å². The number of aliphatic hydroxyl groups excluding tert-OH is 2. The lowest BCUT2D eigenvalue weighted by atomic mass is 9.70. The van der Waals surface area contributed by atoms with Crippen LogP contribution in [0, 0.1) is 23.7 Å². The molecule has 5 heteroatoms. The van der Waals surface area contributed by atoms with Gasteiger partial charge in [-0.1, -0.05) is 25.5 Å². The Morgan fingerprint density at radius 1 is 1.25 bits per heavy atom. The largest absolute Gasteiger partial charge is 0.396 e. The Morgan fingerprint density at radius 2 is 1.92 bits per heavy atom. The number of hydrogen-bond donors (Lipinski definition) is 2. The fourth-order valence-electron chi connectivity index (χ4n) is 4.19. The molecule has 2 N–H and O–H groups in total. The molecule has 24 heavy (non-hydrogen) atoms. The van der Waals surface area contributed by atoms with Gasteiger partial charge in [-0.2, -0.15) is 0 Å². The van der Waals surface area contributed by atoms with Crippen LogP contribution in [0.3, 0.4) is 0 Å². The van der Waals surface area contributed by atoms with Crippen molar-refractivity contribution in [1.29, 1.82) is 0 Å². The SMILES string of the molecule is CC1=C[C@@H](CO)[C@H](C(C)C)C[C@H]1CC(=O)N1CCN(CCO)CC1. The van der Waals surface area contributed by atoms with Crippen molar-refractivity contribution in [1.82, 2.24) is 9.80 Å². The van der Waals surface area contributed by atoms with E-state index in [2.05, 4.69) is 31.7 Å². The second kappa shape index (κ2) is 8.97.